The molecule has 16 heteroatoms. The molecule has 1 aliphatic carbocycles. The number of likely N-dealkylation sites (tertiary alicyclic amines) is 1. The Labute approximate surface area is 334 Å². The maximum Gasteiger partial charge on any atom is 0.421 e. The fraction of sp³-hybridized carbons (Fsp3) is 0.463. The monoisotopic (exact) mass is 809 g/mol. The van der Waals surface area contributed by atoms with Gasteiger partial charge in [-0.15, -0.1) is 0 Å². The van der Waals surface area contributed by atoms with Crippen LogP contribution in [0.4, 0.5) is 13.2 Å². The molecule has 304 valence electrons. The van der Waals surface area contributed by atoms with E-state index in [0.717, 1.165) is 34.8 Å². The van der Waals surface area contributed by atoms with Crippen LogP contribution in [0.3, 0.4) is 0 Å². The quantitative estimate of drug-likeness (QED) is 0.176. The minimum atomic E-state index is -4.75. The number of fused-ring (bicyclic) bond motifs is 1. The molecule has 57 heavy (non-hydrogen) atoms. The minimum absolute atomic E-state index is 0.00925. The van der Waals surface area contributed by atoms with Gasteiger partial charge in [-0.25, -0.2) is 0 Å². The zero-order chi connectivity index (χ0) is 40.3. The van der Waals surface area contributed by atoms with Crippen LogP contribution in [0.5, 0.6) is 11.8 Å². The first-order valence-corrected chi connectivity index (χ1v) is 19.6. The fourth-order valence-corrected chi connectivity index (χ4v) is 8.57. The van der Waals surface area contributed by atoms with Crippen LogP contribution in [0.2, 0.25) is 5.02 Å². The van der Waals surface area contributed by atoms with E-state index in [1.54, 1.807) is 24.4 Å². The number of hydrogen-bond acceptors (Lipinski definition) is 10. The molecule has 0 spiro atoms. The number of methoxy groups -OCH3 is 2. The summed E-state index contributed by atoms with van der Waals surface area (Å²) in [4.78, 5) is 33.7. The molecule has 1 aromatic carbocycles. The summed E-state index contributed by atoms with van der Waals surface area (Å²) in [6.07, 6.45) is 5.32. The van der Waals surface area contributed by atoms with Crippen LogP contribution in [0.25, 0.3) is 0 Å². The number of ether oxygens (including phenoxy) is 3. The Hall–Kier alpha value is -4.86. The van der Waals surface area contributed by atoms with Crippen molar-refractivity contribution in [2.24, 2.45) is 0 Å². The van der Waals surface area contributed by atoms with E-state index in [9.17, 15) is 22.8 Å². The van der Waals surface area contributed by atoms with Gasteiger partial charge in [0.05, 0.1) is 19.2 Å². The molecule has 0 saturated carbocycles. The second-order valence-corrected chi connectivity index (χ2v) is 15.2. The fourth-order valence-electron chi connectivity index (χ4n) is 8.30. The number of nitrogens with one attached hydrogen (secondary N) is 4. The number of carbonyl (C=O) groups is 2. The average Bonchev–Trinajstić information content (AvgIpc) is 3.82. The Balaban J connectivity index is 1.16. The number of dihydropyridines is 1. The predicted molar refractivity (Wildman–Crippen MR) is 206 cm³/mol. The summed E-state index contributed by atoms with van der Waals surface area (Å²) in [6, 6.07) is 8.69. The van der Waals surface area contributed by atoms with E-state index >= 15 is 0 Å². The lowest BCUT2D eigenvalue weighted by Crippen LogP contribution is -2.46. The van der Waals surface area contributed by atoms with Crippen molar-refractivity contribution in [2.45, 2.75) is 81.9 Å². The van der Waals surface area contributed by atoms with Gasteiger partial charge in [0.2, 0.25) is 23.6 Å². The summed E-state index contributed by atoms with van der Waals surface area (Å²) in [7, 11) is 2.95. The first-order chi connectivity index (χ1) is 27.4. The Morgan fingerprint density at radius 3 is 2.54 bits per heavy atom. The van der Waals surface area contributed by atoms with E-state index in [1.165, 1.54) is 14.0 Å². The van der Waals surface area contributed by atoms with Crippen LogP contribution < -0.4 is 30.7 Å². The van der Waals surface area contributed by atoms with Crippen LogP contribution in [-0.4, -0.2) is 79.2 Å². The SMILES string of the molecule is COC1=C(CNC[C@@H]2CCC(=O)N2)C=CC(c2ccncc2Cl)(c2cccc3c2CC[C@H]3Oc2nc(OC)c(CNC3CCN(C(C)=O)CC3)cc2C(F)(F)F)N1. The molecule has 4 N–H and O–H groups in total. The van der Waals surface area contributed by atoms with Crippen LogP contribution in [-0.2, 0) is 39.0 Å². The summed E-state index contributed by atoms with van der Waals surface area (Å²) in [5.41, 5.74) is 2.27. The zero-order valence-corrected chi connectivity index (χ0v) is 32.9. The number of halogens is 4. The van der Waals surface area contributed by atoms with Crippen molar-refractivity contribution >= 4 is 23.4 Å². The number of carbonyl (C=O) groups excluding carboxylic acids is 2. The standard InChI is InChI=1S/C41H47ClF3N7O5/c1-24(53)52-17-13-27(14-18-52)48-21-26-19-33(41(43,44)45)39(50-37(26)55-2)57-35-9-8-29-30(35)5-4-6-31(29)40(32-12-16-46-23-34(32)42)15-11-25(38(51-40)56-3)20-47-22-28-7-10-36(54)49-28/h4-6,11-12,15-16,19,23,27-28,35,47-48,51H,7-10,13-14,17-18,20-22H2,1-3H3,(H,49,54)/t28-,35+,40?/m0/s1. The molecule has 0 radical (unpaired) electrons. The third-order valence-electron chi connectivity index (χ3n) is 11.3. The number of pyridine rings is 2. The van der Waals surface area contributed by atoms with Crippen LogP contribution in [0.15, 0.2) is 66.3 Å². The van der Waals surface area contributed by atoms with Gasteiger partial charge in [0, 0.05) is 87.2 Å². The molecule has 1 unspecified atom stereocenters. The van der Waals surface area contributed by atoms with Gasteiger partial charge in [-0.05, 0) is 67.0 Å². The van der Waals surface area contributed by atoms with Crippen molar-refractivity contribution < 1.29 is 37.0 Å². The van der Waals surface area contributed by atoms with Crippen LogP contribution >= 0.6 is 11.6 Å². The third kappa shape index (κ3) is 8.56. The average molecular weight is 810 g/mol. The number of amides is 2. The molecule has 7 rings (SSSR count). The van der Waals surface area contributed by atoms with Gasteiger partial charge >= 0.3 is 6.18 Å². The molecule has 3 aromatic rings. The highest BCUT2D eigenvalue weighted by Gasteiger charge is 2.43. The summed E-state index contributed by atoms with van der Waals surface area (Å²) >= 11 is 6.85. The maximum atomic E-state index is 14.7. The summed E-state index contributed by atoms with van der Waals surface area (Å²) in [5, 5.41) is 13.7. The van der Waals surface area contributed by atoms with Gasteiger partial charge in [0.1, 0.15) is 17.2 Å². The Bertz CT molecular complexity index is 2050. The molecular formula is C41H47ClF3N7O5. The van der Waals surface area contributed by atoms with Crippen LogP contribution in [0, 0.1) is 0 Å². The lowest BCUT2D eigenvalue weighted by molar-refractivity contribution is -0.139. The number of alkyl halides is 3. The van der Waals surface area contributed by atoms with E-state index < -0.39 is 29.3 Å². The molecule has 2 fully saturated rings. The van der Waals surface area contributed by atoms with Crippen molar-refractivity contribution in [2.75, 3.05) is 40.4 Å². The predicted octanol–water partition coefficient (Wildman–Crippen LogP) is 5.45. The highest BCUT2D eigenvalue weighted by atomic mass is 35.5. The van der Waals surface area contributed by atoms with Crippen LogP contribution in [0.1, 0.15) is 78.5 Å². The van der Waals surface area contributed by atoms with Gasteiger partial charge < -0.3 is 40.4 Å². The number of nitrogens with zero attached hydrogens (tertiary/aromatic N) is 3. The van der Waals surface area contributed by atoms with Crippen molar-refractivity contribution in [3.63, 3.8) is 0 Å². The number of aromatic nitrogens is 2. The van der Waals surface area contributed by atoms with Gasteiger partial charge in [0.25, 0.3) is 0 Å². The highest BCUT2D eigenvalue weighted by Crippen LogP contribution is 2.47. The number of piperidine rings is 1. The summed E-state index contributed by atoms with van der Waals surface area (Å²) in [5.74, 6) is 0.0631. The van der Waals surface area contributed by atoms with E-state index in [0.29, 0.717) is 74.8 Å². The molecule has 3 atom stereocenters. The molecule has 2 amide bonds. The van der Waals surface area contributed by atoms with Gasteiger partial charge in [-0.3, -0.25) is 14.6 Å². The first-order valence-electron chi connectivity index (χ1n) is 19.2. The second kappa shape index (κ2) is 16.9. The largest absolute Gasteiger partial charge is 0.482 e. The van der Waals surface area contributed by atoms with E-state index in [1.807, 2.05) is 36.4 Å². The first kappa shape index (κ1) is 40.3. The lowest BCUT2D eigenvalue weighted by Gasteiger charge is -2.39. The van der Waals surface area contributed by atoms with Crippen molar-refractivity contribution in [3.8, 4) is 11.8 Å². The second-order valence-electron chi connectivity index (χ2n) is 14.8. The Morgan fingerprint density at radius 1 is 1.05 bits per heavy atom. The minimum Gasteiger partial charge on any atom is -0.482 e. The number of benzene rings is 1. The molecular weight excluding hydrogens is 763 g/mol. The highest BCUT2D eigenvalue weighted by molar-refractivity contribution is 6.31. The summed E-state index contributed by atoms with van der Waals surface area (Å²) in [6.45, 7) is 3.88. The third-order valence-corrected chi connectivity index (χ3v) is 11.6. The maximum absolute atomic E-state index is 14.7. The molecule has 5 heterocycles. The van der Waals surface area contributed by atoms with Crippen molar-refractivity contribution in [1.29, 1.82) is 0 Å². The molecule has 2 saturated heterocycles. The van der Waals surface area contributed by atoms with E-state index in [-0.39, 0.29) is 41.9 Å². The molecule has 2 aromatic heterocycles. The van der Waals surface area contributed by atoms with E-state index in [2.05, 4.69) is 31.2 Å². The molecule has 0 bridgehead atoms. The number of rotatable bonds is 13. The van der Waals surface area contributed by atoms with Crippen molar-refractivity contribution in [1.82, 2.24) is 36.1 Å². The normalized spacial score (nSPS) is 22.3. The molecule has 4 aliphatic rings. The van der Waals surface area contributed by atoms with Crippen molar-refractivity contribution in [3.05, 3.63) is 105 Å². The van der Waals surface area contributed by atoms with E-state index in [4.69, 9.17) is 25.8 Å². The summed E-state index contributed by atoms with van der Waals surface area (Å²) < 4.78 is 61.8. The number of hydrogen-bond donors (Lipinski definition) is 4. The molecule has 12 nitrogen and oxygen atoms in total. The zero-order valence-electron chi connectivity index (χ0n) is 32.1. The lowest BCUT2D eigenvalue weighted by atomic mass is 9.78. The van der Waals surface area contributed by atoms with Gasteiger partial charge in [0.15, 0.2) is 5.88 Å². The smallest absolute Gasteiger partial charge is 0.421 e. The van der Waals surface area contributed by atoms with Gasteiger partial charge in [-0.2, -0.15) is 18.2 Å². The Morgan fingerprint density at radius 2 is 1.86 bits per heavy atom. The topological polar surface area (TPSA) is 139 Å². The molecule has 3 aliphatic heterocycles. The van der Waals surface area contributed by atoms with Gasteiger partial charge in [-0.1, -0.05) is 35.9 Å². The Kier molecular flexibility index (Phi) is 12.0.